The number of unbranched alkanes of at least 4 members (excludes halogenated alkanes) is 2. The van der Waals surface area contributed by atoms with Crippen molar-refractivity contribution in [2.45, 2.75) is 52.4 Å². The molecule has 0 heterocycles. The van der Waals surface area contributed by atoms with E-state index >= 15 is 0 Å². The van der Waals surface area contributed by atoms with Crippen LogP contribution in [0.3, 0.4) is 0 Å². The lowest BCUT2D eigenvalue weighted by Crippen LogP contribution is -2.32. The van der Waals surface area contributed by atoms with Crippen molar-refractivity contribution in [3.63, 3.8) is 0 Å². The van der Waals surface area contributed by atoms with E-state index in [0.717, 1.165) is 74.6 Å². The summed E-state index contributed by atoms with van der Waals surface area (Å²) in [6.07, 6.45) is 9.48. The van der Waals surface area contributed by atoms with Crippen molar-refractivity contribution in [3.05, 3.63) is 205 Å². The summed E-state index contributed by atoms with van der Waals surface area (Å²) in [7, 11) is 0. The molecule has 9 nitrogen and oxygen atoms in total. The molecule has 1 amide bonds. The Labute approximate surface area is 386 Å². The Bertz CT molecular complexity index is 2260. The summed E-state index contributed by atoms with van der Waals surface area (Å²) in [5.41, 5.74) is 5.37. The number of anilines is 2. The summed E-state index contributed by atoms with van der Waals surface area (Å²) < 4.78 is 22.3. The van der Waals surface area contributed by atoms with Crippen molar-refractivity contribution in [1.82, 2.24) is 0 Å². The molecule has 0 fully saturated rings. The van der Waals surface area contributed by atoms with E-state index in [9.17, 15) is 9.59 Å². The Kier molecular flexibility index (Phi) is 23.2. The lowest BCUT2D eigenvalue weighted by atomic mass is 10.1. The molecule has 6 aromatic carbocycles. The first kappa shape index (κ1) is 50.4. The third-order valence-corrected chi connectivity index (χ3v) is 9.72. The third kappa shape index (κ3) is 19.3. The molecule has 0 atom stereocenters. The largest absolute Gasteiger partial charge is 0.494 e. The minimum atomic E-state index is -0.935. The number of para-hydroxylation sites is 2. The van der Waals surface area contributed by atoms with Crippen LogP contribution in [-0.2, 0) is 12.8 Å². The first-order valence-corrected chi connectivity index (χ1v) is 22.3. The van der Waals surface area contributed by atoms with Crippen LogP contribution in [-0.4, -0.2) is 56.5 Å². The van der Waals surface area contributed by atoms with Crippen LogP contribution in [0.2, 0.25) is 0 Å². The number of carboxylic acids is 1. The summed E-state index contributed by atoms with van der Waals surface area (Å²) in [5.74, 6) is 2.24. The number of hydrogen-bond donors (Lipinski definition) is 2. The monoisotopic (exact) mass is 876 g/mol. The highest BCUT2D eigenvalue weighted by Crippen LogP contribution is 2.22. The van der Waals surface area contributed by atoms with Crippen molar-refractivity contribution in [1.29, 1.82) is 0 Å². The number of ether oxygens (including phenoxy) is 4. The van der Waals surface area contributed by atoms with Crippen LogP contribution in [0.1, 0.15) is 71.4 Å². The molecule has 0 saturated carbocycles. The molecule has 0 radical (unpaired) electrons. The van der Waals surface area contributed by atoms with Crippen LogP contribution in [0, 0.1) is 0 Å². The molecule has 0 bridgehead atoms. The van der Waals surface area contributed by atoms with Crippen LogP contribution in [0.4, 0.5) is 11.4 Å². The number of hydrogen-bond acceptors (Lipinski definition) is 7. The van der Waals surface area contributed by atoms with Gasteiger partial charge in [0.15, 0.2) is 0 Å². The second-order valence-corrected chi connectivity index (χ2v) is 14.8. The standard InChI is InChI=1S/C28H31NO3.C18H23NO.C10H10O3/c1-3-5-21-32-27-13-9-10-23(22-27)18-19-29(25-11-7-6-8-12-25)28(30)24-14-16-26(17-15-24)31-20-4-2;1-2-3-14-20-18-11-7-8-16(15-18)12-13-19-17-9-5-4-6-10-17;1-2-7-13-9-5-3-8(4-6-9)10(11)12/h4,6-17,22H,2-3,5,18-21H2,1H3;4-11,15,19H,2-3,12-14H2,1H3;2-6H,1,7H2,(H,11,12). The van der Waals surface area contributed by atoms with Gasteiger partial charge in [0.05, 0.1) is 18.8 Å². The van der Waals surface area contributed by atoms with E-state index in [0.29, 0.717) is 36.8 Å². The van der Waals surface area contributed by atoms with Gasteiger partial charge in [-0.1, -0.05) is 113 Å². The molecule has 0 aliphatic rings. The molecule has 0 unspecified atom stereocenters. The van der Waals surface area contributed by atoms with Gasteiger partial charge in [0.1, 0.15) is 36.2 Å². The molecule has 65 heavy (non-hydrogen) atoms. The molecule has 0 aliphatic heterocycles. The Hall–Kier alpha value is -7.26. The number of aromatic carboxylic acids is 1. The van der Waals surface area contributed by atoms with Gasteiger partial charge in [-0.05, 0) is 134 Å². The van der Waals surface area contributed by atoms with Crippen LogP contribution in [0.25, 0.3) is 0 Å². The summed E-state index contributed by atoms with van der Waals surface area (Å²) >= 11 is 0. The fraction of sp³-hybridized carbons (Fsp3) is 0.250. The highest BCUT2D eigenvalue weighted by Gasteiger charge is 2.18. The number of carboxylic acid groups (broad SMARTS) is 1. The predicted molar refractivity (Wildman–Crippen MR) is 265 cm³/mol. The number of nitrogens with zero attached hydrogens (tertiary/aromatic N) is 1. The average Bonchev–Trinajstić information content (AvgIpc) is 3.34. The normalized spacial score (nSPS) is 10.1. The maximum Gasteiger partial charge on any atom is 0.335 e. The van der Waals surface area contributed by atoms with E-state index in [1.54, 1.807) is 36.4 Å². The van der Waals surface area contributed by atoms with E-state index in [1.807, 2.05) is 83.8 Å². The van der Waals surface area contributed by atoms with Crippen LogP contribution in [0.5, 0.6) is 23.0 Å². The van der Waals surface area contributed by atoms with E-state index in [-0.39, 0.29) is 11.5 Å². The van der Waals surface area contributed by atoms with Crippen LogP contribution < -0.4 is 29.2 Å². The minimum absolute atomic E-state index is 0.0400. The maximum absolute atomic E-state index is 13.4. The molecule has 6 rings (SSSR count). The van der Waals surface area contributed by atoms with Crippen molar-refractivity contribution in [2.24, 2.45) is 0 Å². The fourth-order valence-corrected chi connectivity index (χ4v) is 6.21. The number of carbonyl (C=O) groups excluding carboxylic acids is 1. The average molecular weight is 877 g/mol. The predicted octanol–water partition coefficient (Wildman–Crippen LogP) is 12.8. The first-order chi connectivity index (χ1) is 31.8. The number of rotatable bonds is 24. The summed E-state index contributed by atoms with van der Waals surface area (Å²) in [6, 6.07) is 50.1. The number of carbonyl (C=O) groups is 2. The van der Waals surface area contributed by atoms with Crippen molar-refractivity contribution >= 4 is 23.3 Å². The molecule has 0 aliphatic carbocycles. The Balaban J connectivity index is 0.000000238. The van der Waals surface area contributed by atoms with E-state index < -0.39 is 5.97 Å². The molecule has 9 heteroatoms. The van der Waals surface area contributed by atoms with Gasteiger partial charge in [-0.25, -0.2) is 4.79 Å². The van der Waals surface area contributed by atoms with Crippen LogP contribution >= 0.6 is 0 Å². The molecule has 6 aromatic rings. The van der Waals surface area contributed by atoms with Gasteiger partial charge in [0.2, 0.25) is 0 Å². The number of benzene rings is 6. The lowest BCUT2D eigenvalue weighted by Gasteiger charge is -2.23. The highest BCUT2D eigenvalue weighted by molar-refractivity contribution is 6.06. The highest BCUT2D eigenvalue weighted by atomic mass is 16.5. The number of nitrogens with one attached hydrogen (secondary N) is 1. The van der Waals surface area contributed by atoms with Crippen molar-refractivity contribution < 1.29 is 33.6 Å². The molecule has 0 spiro atoms. The zero-order valence-electron chi connectivity index (χ0n) is 37.9. The van der Waals surface area contributed by atoms with Gasteiger partial charge < -0.3 is 34.3 Å². The molecule has 0 saturated heterocycles. The van der Waals surface area contributed by atoms with E-state index in [1.165, 1.54) is 29.8 Å². The van der Waals surface area contributed by atoms with Crippen LogP contribution in [0.15, 0.2) is 183 Å². The second-order valence-electron chi connectivity index (χ2n) is 14.8. The van der Waals surface area contributed by atoms with Gasteiger partial charge >= 0.3 is 5.97 Å². The Morgan fingerprint density at radius 2 is 1.06 bits per heavy atom. The van der Waals surface area contributed by atoms with Gasteiger partial charge in [-0.2, -0.15) is 0 Å². The number of amides is 1. The molecular weight excluding hydrogens is 813 g/mol. The molecule has 340 valence electrons. The maximum atomic E-state index is 13.4. The molecular formula is C56H64N2O7. The van der Waals surface area contributed by atoms with Crippen molar-refractivity contribution in [2.75, 3.05) is 49.7 Å². The Morgan fingerprint density at radius 1 is 0.569 bits per heavy atom. The van der Waals surface area contributed by atoms with Gasteiger partial charge in [0.25, 0.3) is 5.91 Å². The molecule has 2 N–H and O–H groups in total. The van der Waals surface area contributed by atoms with E-state index in [2.05, 4.69) is 74.8 Å². The quantitative estimate of drug-likeness (QED) is 0.0457. The van der Waals surface area contributed by atoms with Gasteiger partial charge in [-0.3, -0.25) is 4.79 Å². The summed E-state index contributed by atoms with van der Waals surface area (Å²) in [5, 5.41) is 12.0. The van der Waals surface area contributed by atoms with Gasteiger partial charge in [0, 0.05) is 30.0 Å². The fourth-order valence-electron chi connectivity index (χ4n) is 6.21. The zero-order valence-corrected chi connectivity index (χ0v) is 37.9. The first-order valence-electron chi connectivity index (χ1n) is 22.3. The zero-order chi connectivity index (χ0) is 46.3. The third-order valence-electron chi connectivity index (χ3n) is 9.72. The second kappa shape index (κ2) is 29.9. The smallest absolute Gasteiger partial charge is 0.335 e. The summed E-state index contributed by atoms with van der Waals surface area (Å²) in [6.45, 7) is 15.4. The van der Waals surface area contributed by atoms with E-state index in [4.69, 9.17) is 24.1 Å². The van der Waals surface area contributed by atoms with Gasteiger partial charge in [-0.15, -0.1) is 0 Å². The topological polar surface area (TPSA) is 107 Å². The minimum Gasteiger partial charge on any atom is -0.494 e. The Morgan fingerprint density at radius 3 is 1.55 bits per heavy atom. The molecule has 0 aromatic heterocycles. The lowest BCUT2D eigenvalue weighted by molar-refractivity contribution is 0.0696. The summed E-state index contributed by atoms with van der Waals surface area (Å²) in [4.78, 5) is 25.7. The van der Waals surface area contributed by atoms with Crippen molar-refractivity contribution in [3.8, 4) is 23.0 Å². The SMILES string of the molecule is C=CCOc1ccc(C(=O)N(CCc2cccc(OCCCC)c2)c2ccccc2)cc1.C=CCOc1ccc(C(=O)O)cc1.CCCCOc1cccc(CCNc2ccccc2)c1.